The van der Waals surface area contributed by atoms with Crippen LogP contribution >= 0.6 is 0 Å². The van der Waals surface area contributed by atoms with Gasteiger partial charge in [0.25, 0.3) is 5.91 Å². The van der Waals surface area contributed by atoms with Crippen LogP contribution in [0.15, 0.2) is 18.3 Å². The van der Waals surface area contributed by atoms with Crippen LogP contribution in [-0.4, -0.2) is 36.4 Å². The number of hydrogen-bond donors (Lipinski definition) is 3. The third-order valence-corrected chi connectivity index (χ3v) is 2.58. The first kappa shape index (κ1) is 15.9. The van der Waals surface area contributed by atoms with Gasteiger partial charge < -0.3 is 16.0 Å². The van der Waals surface area contributed by atoms with Gasteiger partial charge in [-0.2, -0.15) is 0 Å². The second-order valence-corrected chi connectivity index (χ2v) is 4.32. The summed E-state index contributed by atoms with van der Waals surface area (Å²) in [5.74, 6) is -0.324. The summed E-state index contributed by atoms with van der Waals surface area (Å²) >= 11 is 0. The first-order chi connectivity index (χ1) is 9.67. The maximum absolute atomic E-state index is 11.9. The topological polar surface area (TPSA) is 83.1 Å². The van der Waals surface area contributed by atoms with Crippen LogP contribution in [0.5, 0.6) is 0 Å². The van der Waals surface area contributed by atoms with E-state index in [1.165, 1.54) is 0 Å². The highest BCUT2D eigenvalue weighted by molar-refractivity contribution is 5.93. The number of nitrogens with one attached hydrogen (secondary N) is 3. The average molecular weight is 278 g/mol. The summed E-state index contributed by atoms with van der Waals surface area (Å²) in [5.41, 5.74) is 1.20. The fourth-order valence-electron chi connectivity index (χ4n) is 1.60. The van der Waals surface area contributed by atoms with Crippen molar-refractivity contribution >= 4 is 17.5 Å². The number of amides is 2. The molecule has 6 heteroatoms. The number of nitrogens with zero attached hydrogens (tertiary/aromatic N) is 1. The van der Waals surface area contributed by atoms with Crippen LogP contribution in [0.4, 0.5) is 5.69 Å². The molecule has 0 spiro atoms. The van der Waals surface area contributed by atoms with E-state index in [1.54, 1.807) is 18.3 Å². The maximum atomic E-state index is 11.9. The molecule has 0 saturated carbocycles. The van der Waals surface area contributed by atoms with Crippen molar-refractivity contribution in [2.75, 3.05) is 25.0 Å². The zero-order chi connectivity index (χ0) is 14.8. The van der Waals surface area contributed by atoms with Crippen molar-refractivity contribution in [1.29, 1.82) is 0 Å². The molecule has 2 amide bonds. The minimum atomic E-state index is -0.270. The molecule has 110 valence electrons. The van der Waals surface area contributed by atoms with Crippen LogP contribution in [0.1, 0.15) is 37.2 Å². The van der Waals surface area contributed by atoms with Crippen molar-refractivity contribution in [3.8, 4) is 0 Å². The van der Waals surface area contributed by atoms with Gasteiger partial charge in [-0.05, 0) is 25.5 Å². The molecule has 1 aromatic heterocycles. The molecule has 1 heterocycles. The molecule has 0 aliphatic heterocycles. The van der Waals surface area contributed by atoms with Gasteiger partial charge in [-0.1, -0.05) is 6.92 Å². The Morgan fingerprint density at radius 3 is 2.70 bits per heavy atom. The van der Waals surface area contributed by atoms with Crippen molar-refractivity contribution < 1.29 is 9.59 Å². The standard InChI is InChI=1S/C14H22N4O2/c1-3-7-17-13(19)6-9-18-14(20)12-10-11(15-4-2)5-8-16-12/h5,8,10H,3-4,6-7,9H2,1-2H3,(H,15,16)(H,17,19)(H,18,20). The monoisotopic (exact) mass is 278 g/mol. The van der Waals surface area contributed by atoms with E-state index in [1.807, 2.05) is 13.8 Å². The number of hydrogen-bond acceptors (Lipinski definition) is 4. The molecule has 0 unspecified atom stereocenters. The third-order valence-electron chi connectivity index (χ3n) is 2.58. The Kier molecular flexibility index (Phi) is 7.10. The maximum Gasteiger partial charge on any atom is 0.269 e. The first-order valence-corrected chi connectivity index (χ1v) is 6.92. The van der Waals surface area contributed by atoms with Gasteiger partial charge in [0.15, 0.2) is 0 Å². The normalized spacial score (nSPS) is 9.90. The number of anilines is 1. The quantitative estimate of drug-likeness (QED) is 0.666. The first-order valence-electron chi connectivity index (χ1n) is 6.92. The summed E-state index contributed by atoms with van der Waals surface area (Å²) in [6, 6.07) is 3.49. The van der Waals surface area contributed by atoms with Crippen LogP contribution in [0.25, 0.3) is 0 Å². The average Bonchev–Trinajstić information content (AvgIpc) is 2.45. The van der Waals surface area contributed by atoms with Gasteiger partial charge in [0.2, 0.25) is 5.91 Å². The van der Waals surface area contributed by atoms with Crippen LogP contribution in [0.2, 0.25) is 0 Å². The SMILES string of the molecule is CCCNC(=O)CCNC(=O)c1cc(NCC)ccn1. The number of pyridine rings is 1. The second kappa shape index (κ2) is 8.90. The van der Waals surface area contributed by atoms with E-state index in [9.17, 15) is 9.59 Å². The van der Waals surface area contributed by atoms with E-state index < -0.39 is 0 Å². The summed E-state index contributed by atoms with van der Waals surface area (Å²) in [6.45, 7) is 5.73. The minimum absolute atomic E-state index is 0.0542. The fourth-order valence-corrected chi connectivity index (χ4v) is 1.60. The number of carbonyl (C=O) groups excluding carboxylic acids is 2. The van der Waals surface area contributed by atoms with Gasteiger partial charge >= 0.3 is 0 Å². The van der Waals surface area contributed by atoms with Gasteiger partial charge in [-0.25, -0.2) is 0 Å². The van der Waals surface area contributed by atoms with E-state index in [4.69, 9.17) is 0 Å². The van der Waals surface area contributed by atoms with Gasteiger partial charge in [0.1, 0.15) is 5.69 Å². The van der Waals surface area contributed by atoms with Crippen molar-refractivity contribution in [1.82, 2.24) is 15.6 Å². The Balaban J connectivity index is 2.39. The smallest absolute Gasteiger partial charge is 0.269 e. The third kappa shape index (κ3) is 5.69. The molecule has 0 saturated heterocycles. The molecule has 0 aliphatic rings. The Labute approximate surface area is 119 Å². The predicted octanol–water partition coefficient (Wildman–Crippen LogP) is 1.16. The molecular formula is C14H22N4O2. The summed E-state index contributed by atoms with van der Waals surface area (Å²) in [4.78, 5) is 27.3. The van der Waals surface area contributed by atoms with Crippen molar-refractivity contribution in [3.63, 3.8) is 0 Å². The molecule has 0 atom stereocenters. The predicted molar refractivity (Wildman–Crippen MR) is 78.7 cm³/mol. The molecular weight excluding hydrogens is 256 g/mol. The lowest BCUT2D eigenvalue weighted by atomic mass is 10.3. The highest BCUT2D eigenvalue weighted by atomic mass is 16.2. The van der Waals surface area contributed by atoms with Crippen LogP contribution in [0, 0.1) is 0 Å². The number of carbonyl (C=O) groups is 2. The molecule has 0 bridgehead atoms. The van der Waals surface area contributed by atoms with E-state index in [-0.39, 0.29) is 18.2 Å². The molecule has 3 N–H and O–H groups in total. The van der Waals surface area contributed by atoms with E-state index in [0.29, 0.717) is 18.8 Å². The highest BCUT2D eigenvalue weighted by Crippen LogP contribution is 2.07. The van der Waals surface area contributed by atoms with Crippen molar-refractivity contribution in [2.24, 2.45) is 0 Å². The molecule has 0 aliphatic carbocycles. The Hall–Kier alpha value is -2.11. The molecule has 0 fully saturated rings. The van der Waals surface area contributed by atoms with E-state index in [2.05, 4.69) is 20.9 Å². The number of rotatable bonds is 8. The van der Waals surface area contributed by atoms with Crippen molar-refractivity contribution in [3.05, 3.63) is 24.0 Å². The lowest BCUT2D eigenvalue weighted by Crippen LogP contribution is -2.31. The van der Waals surface area contributed by atoms with E-state index in [0.717, 1.165) is 18.7 Å². The van der Waals surface area contributed by atoms with Crippen LogP contribution in [-0.2, 0) is 4.79 Å². The Bertz CT molecular complexity index is 449. The summed E-state index contributed by atoms with van der Waals surface area (Å²) < 4.78 is 0. The van der Waals surface area contributed by atoms with Crippen LogP contribution < -0.4 is 16.0 Å². The molecule has 1 aromatic rings. The highest BCUT2D eigenvalue weighted by Gasteiger charge is 2.08. The van der Waals surface area contributed by atoms with E-state index >= 15 is 0 Å². The fraction of sp³-hybridized carbons (Fsp3) is 0.500. The molecule has 6 nitrogen and oxygen atoms in total. The zero-order valence-electron chi connectivity index (χ0n) is 12.0. The van der Waals surface area contributed by atoms with Gasteiger partial charge in [0.05, 0.1) is 0 Å². The molecule has 0 aromatic carbocycles. The Morgan fingerprint density at radius 2 is 2.00 bits per heavy atom. The summed E-state index contributed by atoms with van der Waals surface area (Å²) in [6.07, 6.45) is 2.76. The largest absolute Gasteiger partial charge is 0.385 e. The molecule has 1 rings (SSSR count). The second-order valence-electron chi connectivity index (χ2n) is 4.32. The van der Waals surface area contributed by atoms with Gasteiger partial charge in [-0.15, -0.1) is 0 Å². The molecule has 20 heavy (non-hydrogen) atoms. The zero-order valence-corrected chi connectivity index (χ0v) is 12.0. The van der Waals surface area contributed by atoms with Gasteiger partial charge in [0, 0.05) is 37.9 Å². The lowest BCUT2D eigenvalue weighted by molar-refractivity contribution is -0.120. The minimum Gasteiger partial charge on any atom is -0.385 e. The van der Waals surface area contributed by atoms with Crippen LogP contribution in [0.3, 0.4) is 0 Å². The summed E-state index contributed by atoms with van der Waals surface area (Å²) in [5, 5.41) is 8.56. The summed E-state index contributed by atoms with van der Waals surface area (Å²) in [7, 11) is 0. The van der Waals surface area contributed by atoms with Gasteiger partial charge in [-0.3, -0.25) is 14.6 Å². The Morgan fingerprint density at radius 1 is 1.20 bits per heavy atom. The molecule has 0 radical (unpaired) electrons. The number of aromatic nitrogens is 1. The lowest BCUT2D eigenvalue weighted by Gasteiger charge is -2.07. The van der Waals surface area contributed by atoms with Crippen molar-refractivity contribution in [2.45, 2.75) is 26.7 Å².